The van der Waals surface area contributed by atoms with Gasteiger partial charge in [-0.25, -0.2) is 0 Å². The van der Waals surface area contributed by atoms with Crippen LogP contribution < -0.4 is 0 Å². The van der Waals surface area contributed by atoms with Gasteiger partial charge in [-0.1, -0.05) is 39.0 Å². The van der Waals surface area contributed by atoms with Crippen LogP contribution in [0, 0.1) is 5.41 Å². The molecular weight excluding hydrogens is 176 g/mol. The van der Waals surface area contributed by atoms with Crippen LogP contribution in [0.25, 0.3) is 0 Å². The first kappa shape index (κ1) is 10.9. The highest BCUT2D eigenvalue weighted by molar-refractivity contribution is 8.00. The highest BCUT2D eigenvalue weighted by atomic mass is 32.2. The molecule has 0 aromatic rings. The molecule has 0 spiro atoms. The van der Waals surface area contributed by atoms with Gasteiger partial charge in [-0.15, -0.1) is 0 Å². The van der Waals surface area contributed by atoms with Gasteiger partial charge in [0.2, 0.25) is 0 Å². The van der Waals surface area contributed by atoms with Gasteiger partial charge in [-0.05, 0) is 30.6 Å². The van der Waals surface area contributed by atoms with Crippen LogP contribution in [-0.4, -0.2) is 11.0 Å². The summed E-state index contributed by atoms with van der Waals surface area (Å²) < 4.78 is 0.312. The fourth-order valence-electron chi connectivity index (χ4n) is 1.98. The Morgan fingerprint density at radius 2 is 2.00 bits per heavy atom. The number of thioether (sulfide) groups is 1. The molecule has 0 aromatic carbocycles. The molecule has 0 nitrogen and oxygen atoms in total. The van der Waals surface area contributed by atoms with Crippen molar-refractivity contribution in [3.05, 3.63) is 23.8 Å². The van der Waals surface area contributed by atoms with Crippen LogP contribution in [0.1, 0.15) is 34.1 Å². The summed E-state index contributed by atoms with van der Waals surface area (Å²) in [6.07, 6.45) is 10.1. The van der Waals surface area contributed by atoms with Gasteiger partial charge in [0, 0.05) is 4.75 Å². The molecule has 0 heterocycles. The van der Waals surface area contributed by atoms with Crippen molar-refractivity contribution in [2.45, 2.75) is 38.9 Å². The van der Waals surface area contributed by atoms with Gasteiger partial charge < -0.3 is 0 Å². The van der Waals surface area contributed by atoms with E-state index in [0.29, 0.717) is 10.2 Å². The Labute approximate surface area is 86.5 Å². The molecular formula is C12H20S. The van der Waals surface area contributed by atoms with Gasteiger partial charge in [0.1, 0.15) is 0 Å². The third-order valence-corrected chi connectivity index (χ3v) is 4.02. The smallest absolute Gasteiger partial charge is 0.0379 e. The van der Waals surface area contributed by atoms with E-state index >= 15 is 0 Å². The van der Waals surface area contributed by atoms with Crippen molar-refractivity contribution in [3.63, 3.8) is 0 Å². The number of rotatable bonds is 1. The summed E-state index contributed by atoms with van der Waals surface area (Å²) in [6.45, 7) is 9.24. The molecule has 1 atom stereocenters. The lowest BCUT2D eigenvalue weighted by atomic mass is 9.76. The molecule has 0 aliphatic heterocycles. The molecule has 0 bridgehead atoms. The van der Waals surface area contributed by atoms with Crippen LogP contribution in [-0.2, 0) is 0 Å². The number of allylic oxidation sites excluding steroid dienone is 3. The normalized spacial score (nSPS) is 28.8. The summed E-state index contributed by atoms with van der Waals surface area (Å²) >= 11 is 1.96. The first-order chi connectivity index (χ1) is 5.90. The molecule has 1 rings (SSSR count). The van der Waals surface area contributed by atoms with Gasteiger partial charge in [-0.2, -0.15) is 11.8 Å². The van der Waals surface area contributed by atoms with Crippen LogP contribution in [0.3, 0.4) is 0 Å². The Morgan fingerprint density at radius 3 is 2.38 bits per heavy atom. The van der Waals surface area contributed by atoms with Crippen LogP contribution in [0.5, 0.6) is 0 Å². The minimum Gasteiger partial charge on any atom is -0.154 e. The van der Waals surface area contributed by atoms with Gasteiger partial charge in [0.05, 0.1) is 0 Å². The van der Waals surface area contributed by atoms with E-state index in [1.54, 1.807) is 5.57 Å². The van der Waals surface area contributed by atoms with E-state index in [4.69, 9.17) is 0 Å². The molecule has 13 heavy (non-hydrogen) atoms. The van der Waals surface area contributed by atoms with E-state index in [2.05, 4.69) is 52.2 Å². The SMILES string of the molecule is CSC1(C)CC=CC=C1C(C)(C)C. The topological polar surface area (TPSA) is 0 Å². The second-order valence-corrected chi connectivity index (χ2v) is 6.21. The molecule has 0 radical (unpaired) electrons. The van der Waals surface area contributed by atoms with Crippen LogP contribution in [0.4, 0.5) is 0 Å². The standard InChI is InChI=1S/C12H20S/c1-11(2,3)10-8-6-7-9-12(10,4)13-5/h6-8H,9H2,1-5H3. The van der Waals surface area contributed by atoms with Crippen molar-refractivity contribution in [1.29, 1.82) is 0 Å². The largest absolute Gasteiger partial charge is 0.154 e. The van der Waals surface area contributed by atoms with E-state index in [1.165, 1.54) is 0 Å². The Morgan fingerprint density at radius 1 is 1.38 bits per heavy atom. The zero-order valence-electron chi connectivity index (χ0n) is 9.35. The first-order valence-electron chi connectivity index (χ1n) is 4.83. The quantitative estimate of drug-likeness (QED) is 0.610. The maximum atomic E-state index is 2.35. The van der Waals surface area contributed by atoms with Crippen LogP contribution in [0.15, 0.2) is 23.8 Å². The van der Waals surface area contributed by atoms with Crippen LogP contribution in [0.2, 0.25) is 0 Å². The third-order valence-electron chi connectivity index (χ3n) is 2.73. The summed E-state index contributed by atoms with van der Waals surface area (Å²) in [7, 11) is 0. The second kappa shape index (κ2) is 3.53. The molecule has 0 saturated carbocycles. The summed E-state index contributed by atoms with van der Waals surface area (Å²) in [6, 6.07) is 0. The minimum atomic E-state index is 0.294. The molecule has 0 saturated heterocycles. The van der Waals surface area contributed by atoms with E-state index in [9.17, 15) is 0 Å². The molecule has 1 unspecified atom stereocenters. The van der Waals surface area contributed by atoms with Gasteiger partial charge in [0.15, 0.2) is 0 Å². The van der Waals surface area contributed by atoms with E-state index in [1.807, 2.05) is 11.8 Å². The Bertz CT molecular complexity index is 242. The summed E-state index contributed by atoms with van der Waals surface area (Å²) in [5.41, 5.74) is 1.86. The Kier molecular flexibility index (Phi) is 2.96. The average Bonchev–Trinajstić information content (AvgIpc) is 2.03. The van der Waals surface area contributed by atoms with Crippen molar-refractivity contribution >= 4 is 11.8 Å². The average molecular weight is 196 g/mol. The van der Waals surface area contributed by atoms with E-state index in [-0.39, 0.29) is 0 Å². The van der Waals surface area contributed by atoms with Gasteiger partial charge >= 0.3 is 0 Å². The fraction of sp³-hybridized carbons (Fsp3) is 0.667. The van der Waals surface area contributed by atoms with E-state index in [0.717, 1.165) is 6.42 Å². The highest BCUT2D eigenvalue weighted by Crippen LogP contribution is 2.45. The maximum absolute atomic E-state index is 2.35. The zero-order chi connectivity index (χ0) is 10.1. The summed E-state index contributed by atoms with van der Waals surface area (Å²) in [5, 5.41) is 0. The van der Waals surface area contributed by atoms with Crippen molar-refractivity contribution in [2.24, 2.45) is 5.41 Å². The predicted molar refractivity (Wildman–Crippen MR) is 63.2 cm³/mol. The zero-order valence-corrected chi connectivity index (χ0v) is 10.2. The van der Waals surface area contributed by atoms with Crippen molar-refractivity contribution in [3.8, 4) is 0 Å². The number of hydrogen-bond donors (Lipinski definition) is 0. The predicted octanol–water partition coefficient (Wildman–Crippen LogP) is 4.04. The monoisotopic (exact) mass is 196 g/mol. The van der Waals surface area contributed by atoms with Gasteiger partial charge in [-0.3, -0.25) is 0 Å². The molecule has 0 N–H and O–H groups in total. The fourth-order valence-corrected chi connectivity index (χ4v) is 2.84. The Hall–Kier alpha value is -0.170. The molecule has 1 heteroatoms. The maximum Gasteiger partial charge on any atom is 0.0379 e. The molecule has 0 amide bonds. The van der Waals surface area contributed by atoms with E-state index < -0.39 is 0 Å². The lowest BCUT2D eigenvalue weighted by Crippen LogP contribution is -2.31. The molecule has 0 aromatic heterocycles. The highest BCUT2D eigenvalue weighted by Gasteiger charge is 2.34. The van der Waals surface area contributed by atoms with Crippen LogP contribution >= 0.6 is 11.8 Å². The Balaban J connectivity index is 3.03. The lowest BCUT2D eigenvalue weighted by molar-refractivity contribution is 0.451. The lowest BCUT2D eigenvalue weighted by Gasteiger charge is -2.39. The number of hydrogen-bond acceptors (Lipinski definition) is 1. The second-order valence-electron chi connectivity index (χ2n) is 4.90. The summed E-state index contributed by atoms with van der Waals surface area (Å²) in [5.74, 6) is 0. The molecule has 0 fully saturated rings. The summed E-state index contributed by atoms with van der Waals surface area (Å²) in [4.78, 5) is 0. The molecule has 74 valence electrons. The van der Waals surface area contributed by atoms with Crippen molar-refractivity contribution in [2.75, 3.05) is 6.26 Å². The minimum absolute atomic E-state index is 0.294. The van der Waals surface area contributed by atoms with Gasteiger partial charge in [0.25, 0.3) is 0 Å². The third kappa shape index (κ3) is 2.19. The molecule has 1 aliphatic rings. The first-order valence-corrected chi connectivity index (χ1v) is 6.05. The molecule has 1 aliphatic carbocycles. The van der Waals surface area contributed by atoms with Crippen molar-refractivity contribution in [1.82, 2.24) is 0 Å². The van der Waals surface area contributed by atoms with Crippen molar-refractivity contribution < 1.29 is 0 Å².